The summed E-state index contributed by atoms with van der Waals surface area (Å²) >= 11 is 1.57. The fraction of sp³-hybridized carbons (Fsp3) is 0.391. The Morgan fingerprint density at radius 3 is 2.67 bits per heavy atom. The van der Waals surface area contributed by atoms with E-state index in [1.807, 2.05) is 24.4 Å². The average molecular weight is 426 g/mol. The van der Waals surface area contributed by atoms with Gasteiger partial charge in [-0.3, -0.25) is 9.69 Å². The molecule has 1 amide bonds. The van der Waals surface area contributed by atoms with E-state index in [4.69, 9.17) is 9.15 Å². The van der Waals surface area contributed by atoms with Crippen LogP contribution in [0, 0.1) is 13.8 Å². The first-order chi connectivity index (χ1) is 14.6. The lowest BCUT2D eigenvalue weighted by atomic mass is 10.0. The summed E-state index contributed by atoms with van der Waals surface area (Å²) in [5, 5.41) is 5.10. The number of morpholine rings is 1. The molecule has 0 aliphatic carbocycles. The predicted molar refractivity (Wildman–Crippen MR) is 118 cm³/mol. The van der Waals surface area contributed by atoms with Crippen LogP contribution >= 0.6 is 11.3 Å². The van der Waals surface area contributed by atoms with E-state index in [-0.39, 0.29) is 18.4 Å². The first-order valence-corrected chi connectivity index (χ1v) is 11.1. The SMILES string of the molecule is Cc1ccc(C(CNC(=O)Cc2nc(-c3cccs3)oc2C)N2CCOCC2)cc1. The molecular weight excluding hydrogens is 398 g/mol. The molecule has 1 aromatic carbocycles. The molecule has 1 aliphatic heterocycles. The van der Waals surface area contributed by atoms with Gasteiger partial charge in [-0.2, -0.15) is 0 Å². The molecule has 1 aliphatic rings. The van der Waals surface area contributed by atoms with Crippen LogP contribution in [-0.4, -0.2) is 48.6 Å². The van der Waals surface area contributed by atoms with Gasteiger partial charge in [-0.1, -0.05) is 35.9 Å². The standard InChI is InChI=1S/C23H27N3O3S/c1-16-5-7-18(8-6-16)20(26-9-11-28-12-10-26)15-24-22(27)14-19-17(2)29-23(25-19)21-4-3-13-30-21/h3-8,13,20H,9-12,14-15H2,1-2H3,(H,24,27). The van der Waals surface area contributed by atoms with E-state index >= 15 is 0 Å². The summed E-state index contributed by atoms with van der Waals surface area (Å²) in [6, 6.07) is 12.6. The summed E-state index contributed by atoms with van der Waals surface area (Å²) in [7, 11) is 0. The number of hydrogen-bond acceptors (Lipinski definition) is 6. The van der Waals surface area contributed by atoms with Crippen LogP contribution in [0.3, 0.4) is 0 Å². The van der Waals surface area contributed by atoms with Gasteiger partial charge in [0.1, 0.15) is 5.76 Å². The normalized spacial score (nSPS) is 15.8. The summed E-state index contributed by atoms with van der Waals surface area (Å²) in [6.07, 6.45) is 0.213. The second-order valence-electron chi connectivity index (χ2n) is 7.55. The van der Waals surface area contributed by atoms with Crippen molar-refractivity contribution >= 4 is 17.2 Å². The lowest BCUT2D eigenvalue weighted by molar-refractivity contribution is -0.120. The van der Waals surface area contributed by atoms with Crippen molar-refractivity contribution in [2.24, 2.45) is 0 Å². The van der Waals surface area contributed by atoms with Crippen molar-refractivity contribution in [2.45, 2.75) is 26.3 Å². The van der Waals surface area contributed by atoms with Gasteiger partial charge in [-0.05, 0) is 30.9 Å². The Kier molecular flexibility index (Phi) is 6.62. The van der Waals surface area contributed by atoms with Gasteiger partial charge in [0.05, 0.1) is 36.2 Å². The highest BCUT2D eigenvalue weighted by atomic mass is 32.1. The minimum Gasteiger partial charge on any atom is -0.440 e. The summed E-state index contributed by atoms with van der Waals surface area (Å²) in [4.78, 5) is 20.6. The maximum absolute atomic E-state index is 12.7. The molecule has 3 heterocycles. The van der Waals surface area contributed by atoms with Gasteiger partial charge in [0.25, 0.3) is 0 Å². The molecule has 4 rings (SSSR count). The molecule has 1 atom stereocenters. The van der Waals surface area contributed by atoms with E-state index in [9.17, 15) is 4.79 Å². The highest BCUT2D eigenvalue weighted by molar-refractivity contribution is 7.13. The second-order valence-corrected chi connectivity index (χ2v) is 8.50. The molecule has 0 spiro atoms. The van der Waals surface area contributed by atoms with Crippen LogP contribution in [0.4, 0.5) is 0 Å². The van der Waals surface area contributed by atoms with Crippen molar-refractivity contribution in [2.75, 3.05) is 32.8 Å². The zero-order valence-corrected chi connectivity index (χ0v) is 18.2. The van der Waals surface area contributed by atoms with Crippen LogP contribution in [0.15, 0.2) is 46.2 Å². The Hall–Kier alpha value is -2.48. The number of hydrogen-bond donors (Lipinski definition) is 1. The maximum atomic E-state index is 12.7. The first kappa shape index (κ1) is 20.8. The number of thiophene rings is 1. The van der Waals surface area contributed by atoms with E-state index in [1.54, 1.807) is 11.3 Å². The molecule has 6 nitrogen and oxygen atoms in total. The zero-order chi connectivity index (χ0) is 20.9. The van der Waals surface area contributed by atoms with Crippen LogP contribution in [0.5, 0.6) is 0 Å². The lowest BCUT2D eigenvalue weighted by Gasteiger charge is -2.35. The van der Waals surface area contributed by atoms with Crippen molar-refractivity contribution in [3.8, 4) is 10.8 Å². The smallest absolute Gasteiger partial charge is 0.236 e. The van der Waals surface area contributed by atoms with E-state index in [0.717, 1.165) is 31.2 Å². The monoisotopic (exact) mass is 425 g/mol. The molecule has 0 radical (unpaired) electrons. The third-order valence-corrected chi connectivity index (χ3v) is 6.25. The number of ether oxygens (including phenoxy) is 1. The highest BCUT2D eigenvalue weighted by Gasteiger charge is 2.24. The molecule has 30 heavy (non-hydrogen) atoms. The van der Waals surface area contributed by atoms with Crippen LogP contribution in [0.2, 0.25) is 0 Å². The third-order valence-electron chi connectivity index (χ3n) is 5.39. The Morgan fingerprint density at radius 1 is 1.20 bits per heavy atom. The number of benzene rings is 1. The fourth-order valence-corrected chi connectivity index (χ4v) is 4.31. The Bertz CT molecular complexity index is 960. The molecule has 7 heteroatoms. The molecule has 1 saturated heterocycles. The molecule has 1 unspecified atom stereocenters. The van der Waals surface area contributed by atoms with Gasteiger partial charge in [-0.25, -0.2) is 4.98 Å². The van der Waals surface area contributed by atoms with Crippen LogP contribution in [0.25, 0.3) is 10.8 Å². The Morgan fingerprint density at radius 2 is 1.97 bits per heavy atom. The fourth-order valence-electron chi connectivity index (χ4n) is 3.66. The van der Waals surface area contributed by atoms with Gasteiger partial charge in [0, 0.05) is 19.6 Å². The summed E-state index contributed by atoms with van der Waals surface area (Å²) in [5.41, 5.74) is 3.13. The Labute approximate surface area is 180 Å². The highest BCUT2D eigenvalue weighted by Crippen LogP contribution is 2.26. The van der Waals surface area contributed by atoms with Gasteiger partial charge in [0.2, 0.25) is 11.8 Å². The number of nitrogens with one attached hydrogen (secondary N) is 1. The number of aromatic nitrogens is 1. The average Bonchev–Trinajstić information content (AvgIpc) is 3.41. The number of aryl methyl sites for hydroxylation is 2. The van der Waals surface area contributed by atoms with Gasteiger partial charge < -0.3 is 14.5 Å². The van der Waals surface area contributed by atoms with E-state index in [1.165, 1.54) is 11.1 Å². The lowest BCUT2D eigenvalue weighted by Crippen LogP contribution is -2.44. The second kappa shape index (κ2) is 9.55. The topological polar surface area (TPSA) is 67.6 Å². The quantitative estimate of drug-likeness (QED) is 0.624. The minimum atomic E-state index is -0.0468. The molecule has 0 bridgehead atoms. The minimum absolute atomic E-state index is 0.0468. The van der Waals surface area contributed by atoms with Gasteiger partial charge in [-0.15, -0.1) is 11.3 Å². The van der Waals surface area contributed by atoms with E-state index in [2.05, 4.69) is 46.4 Å². The largest absolute Gasteiger partial charge is 0.440 e. The van der Waals surface area contributed by atoms with E-state index in [0.29, 0.717) is 23.9 Å². The number of amides is 1. The molecule has 1 N–H and O–H groups in total. The van der Waals surface area contributed by atoms with E-state index < -0.39 is 0 Å². The molecule has 0 saturated carbocycles. The molecule has 3 aromatic rings. The summed E-state index contributed by atoms with van der Waals surface area (Å²) in [5.74, 6) is 1.22. The van der Waals surface area contributed by atoms with Crippen molar-refractivity contribution in [1.29, 1.82) is 0 Å². The van der Waals surface area contributed by atoms with Crippen LogP contribution in [-0.2, 0) is 16.0 Å². The number of carbonyl (C=O) groups excluding carboxylic acids is 1. The van der Waals surface area contributed by atoms with Crippen molar-refractivity contribution in [3.05, 3.63) is 64.4 Å². The number of nitrogens with zero attached hydrogens (tertiary/aromatic N) is 2. The van der Waals surface area contributed by atoms with Gasteiger partial charge >= 0.3 is 0 Å². The van der Waals surface area contributed by atoms with Gasteiger partial charge in [0.15, 0.2) is 0 Å². The van der Waals surface area contributed by atoms with Crippen molar-refractivity contribution in [3.63, 3.8) is 0 Å². The van der Waals surface area contributed by atoms with Crippen molar-refractivity contribution < 1.29 is 13.9 Å². The molecule has 2 aromatic heterocycles. The summed E-state index contributed by atoms with van der Waals surface area (Å²) < 4.78 is 11.3. The number of carbonyl (C=O) groups is 1. The number of rotatable bonds is 7. The van der Waals surface area contributed by atoms with Crippen LogP contribution in [0.1, 0.15) is 28.6 Å². The zero-order valence-electron chi connectivity index (χ0n) is 17.4. The molecule has 158 valence electrons. The number of oxazole rings is 1. The third kappa shape index (κ3) is 4.98. The summed E-state index contributed by atoms with van der Waals surface area (Å²) in [6.45, 7) is 7.66. The molecular formula is C23H27N3O3S. The molecule has 1 fully saturated rings. The predicted octanol–water partition coefficient (Wildman–Crippen LogP) is 3.75. The maximum Gasteiger partial charge on any atom is 0.236 e. The first-order valence-electron chi connectivity index (χ1n) is 10.3. The van der Waals surface area contributed by atoms with Crippen LogP contribution < -0.4 is 5.32 Å². The van der Waals surface area contributed by atoms with Crippen molar-refractivity contribution in [1.82, 2.24) is 15.2 Å². The Balaban J connectivity index is 1.41.